The first-order chi connectivity index (χ1) is 11.8. The highest BCUT2D eigenvalue weighted by Crippen LogP contribution is 2.35. The number of pyridine rings is 1. The van der Waals surface area contributed by atoms with Crippen LogP contribution in [0.4, 0.5) is 5.69 Å². The molecule has 1 spiro atoms. The van der Waals surface area contributed by atoms with Crippen molar-refractivity contribution < 1.29 is 4.74 Å². The Morgan fingerprint density at radius 2 is 2.25 bits per heavy atom. The van der Waals surface area contributed by atoms with Gasteiger partial charge in [-0.25, -0.2) is 4.98 Å². The van der Waals surface area contributed by atoms with Crippen molar-refractivity contribution >= 4 is 17.0 Å². The quantitative estimate of drug-likeness (QED) is 0.856. The minimum absolute atomic E-state index is 0.210. The van der Waals surface area contributed by atoms with Gasteiger partial charge in [-0.05, 0) is 31.5 Å². The van der Waals surface area contributed by atoms with Crippen molar-refractivity contribution in [3.8, 4) is 0 Å². The number of likely N-dealkylation sites (tertiary alicyclic amines) is 1. The van der Waals surface area contributed by atoms with Crippen LogP contribution in [-0.2, 0) is 11.3 Å². The van der Waals surface area contributed by atoms with Gasteiger partial charge in [0.15, 0.2) is 0 Å². The zero-order valence-corrected chi connectivity index (χ0v) is 14.7. The molecule has 1 unspecified atom stereocenters. The molecule has 0 bridgehead atoms. The molecule has 2 aliphatic heterocycles. The second-order valence-electron chi connectivity index (χ2n) is 6.93. The Morgan fingerprint density at radius 3 is 3.08 bits per heavy atom. The highest BCUT2D eigenvalue weighted by molar-refractivity contribution is 7.09. The molecule has 0 N–H and O–H groups in total. The predicted molar refractivity (Wildman–Crippen MR) is 96.3 cm³/mol. The summed E-state index contributed by atoms with van der Waals surface area (Å²) in [4.78, 5) is 13.7. The molecule has 1 atom stereocenters. The lowest BCUT2D eigenvalue weighted by molar-refractivity contribution is 0.0106. The number of hydrogen-bond acceptors (Lipinski definition) is 6. The van der Waals surface area contributed by atoms with Gasteiger partial charge in [-0.1, -0.05) is 0 Å². The van der Waals surface area contributed by atoms with Crippen LogP contribution in [0.1, 0.15) is 17.8 Å². The van der Waals surface area contributed by atoms with Gasteiger partial charge in [0.2, 0.25) is 0 Å². The van der Waals surface area contributed by atoms with E-state index in [0.717, 1.165) is 45.9 Å². The summed E-state index contributed by atoms with van der Waals surface area (Å²) in [6, 6.07) is 4.17. The van der Waals surface area contributed by atoms with Gasteiger partial charge >= 0.3 is 0 Å². The summed E-state index contributed by atoms with van der Waals surface area (Å²) in [6.45, 7) is 6.86. The van der Waals surface area contributed by atoms with Crippen molar-refractivity contribution in [2.24, 2.45) is 5.41 Å². The number of ether oxygens (including phenoxy) is 1. The number of aromatic nitrogens is 2. The highest BCUT2D eigenvalue weighted by Gasteiger charge is 2.39. The summed E-state index contributed by atoms with van der Waals surface area (Å²) in [5.74, 6) is 0. The van der Waals surface area contributed by atoms with E-state index in [4.69, 9.17) is 4.74 Å². The number of rotatable bonds is 3. The van der Waals surface area contributed by atoms with E-state index in [-0.39, 0.29) is 5.41 Å². The van der Waals surface area contributed by atoms with Gasteiger partial charge in [0, 0.05) is 42.8 Å². The average molecular weight is 344 g/mol. The number of anilines is 1. The van der Waals surface area contributed by atoms with Gasteiger partial charge in [-0.2, -0.15) is 0 Å². The fourth-order valence-corrected chi connectivity index (χ4v) is 4.63. The molecular formula is C18H24N4OS. The predicted octanol–water partition coefficient (Wildman–Crippen LogP) is 2.66. The Hall–Kier alpha value is -1.50. The van der Waals surface area contributed by atoms with Gasteiger partial charge in [0.1, 0.15) is 5.01 Å². The average Bonchev–Trinajstić information content (AvgIpc) is 3.03. The van der Waals surface area contributed by atoms with E-state index >= 15 is 0 Å². The molecule has 6 heteroatoms. The molecule has 5 nitrogen and oxygen atoms in total. The van der Waals surface area contributed by atoms with E-state index in [1.165, 1.54) is 23.5 Å². The van der Waals surface area contributed by atoms with E-state index in [2.05, 4.69) is 31.2 Å². The highest BCUT2D eigenvalue weighted by atomic mass is 32.1. The van der Waals surface area contributed by atoms with Crippen molar-refractivity contribution in [2.45, 2.75) is 19.4 Å². The molecule has 2 fully saturated rings. The maximum atomic E-state index is 6.02. The van der Waals surface area contributed by atoms with Crippen LogP contribution in [-0.4, -0.2) is 54.3 Å². The minimum Gasteiger partial charge on any atom is -0.379 e. The fraction of sp³-hybridized carbons (Fsp3) is 0.556. The molecule has 0 radical (unpaired) electrons. The van der Waals surface area contributed by atoms with Crippen LogP contribution in [0.3, 0.4) is 0 Å². The first kappa shape index (κ1) is 16.0. The minimum atomic E-state index is 0.210. The lowest BCUT2D eigenvalue weighted by Crippen LogP contribution is -2.50. The standard InChI is InChI=1S/C18H24N4OS/c1-3-16(11-19-5-1)22-8-9-23-15-18(14-22)4-2-7-21(13-18)12-17-20-6-10-24-17/h1,3,5-6,10-11H,2,4,7-9,12-15H2. The first-order valence-electron chi connectivity index (χ1n) is 8.67. The summed E-state index contributed by atoms with van der Waals surface area (Å²) in [5.41, 5.74) is 1.42. The van der Waals surface area contributed by atoms with Crippen LogP contribution >= 0.6 is 11.3 Å². The zero-order chi connectivity index (χ0) is 16.2. The van der Waals surface area contributed by atoms with Crippen LogP contribution in [0.5, 0.6) is 0 Å². The van der Waals surface area contributed by atoms with Crippen molar-refractivity contribution in [3.63, 3.8) is 0 Å². The van der Waals surface area contributed by atoms with Gasteiger partial charge < -0.3 is 9.64 Å². The molecule has 24 heavy (non-hydrogen) atoms. The molecule has 4 rings (SSSR count). The van der Waals surface area contributed by atoms with Gasteiger partial charge in [0.05, 0.1) is 31.6 Å². The zero-order valence-electron chi connectivity index (χ0n) is 13.9. The van der Waals surface area contributed by atoms with E-state index in [0.29, 0.717) is 0 Å². The third-order valence-electron chi connectivity index (χ3n) is 5.03. The molecule has 2 aromatic heterocycles. The summed E-state index contributed by atoms with van der Waals surface area (Å²) in [6.07, 6.45) is 8.17. The van der Waals surface area contributed by atoms with Crippen molar-refractivity contribution in [3.05, 3.63) is 41.1 Å². The second-order valence-corrected chi connectivity index (χ2v) is 7.90. The first-order valence-corrected chi connectivity index (χ1v) is 9.54. The van der Waals surface area contributed by atoms with E-state index in [1.807, 2.05) is 24.7 Å². The normalized spacial score (nSPS) is 25.8. The van der Waals surface area contributed by atoms with Crippen molar-refractivity contribution in [2.75, 3.05) is 44.3 Å². The number of hydrogen-bond donors (Lipinski definition) is 0. The molecule has 4 heterocycles. The van der Waals surface area contributed by atoms with Crippen LogP contribution < -0.4 is 4.90 Å². The third kappa shape index (κ3) is 3.61. The summed E-state index contributed by atoms with van der Waals surface area (Å²) < 4.78 is 6.02. The largest absolute Gasteiger partial charge is 0.379 e. The molecule has 2 aliphatic rings. The number of nitrogens with zero attached hydrogens (tertiary/aromatic N) is 4. The molecule has 0 saturated carbocycles. The van der Waals surface area contributed by atoms with Crippen LogP contribution in [0.15, 0.2) is 36.1 Å². The monoisotopic (exact) mass is 344 g/mol. The van der Waals surface area contributed by atoms with Crippen molar-refractivity contribution in [1.82, 2.24) is 14.9 Å². The summed E-state index contributed by atoms with van der Waals surface area (Å²) in [5, 5.41) is 3.28. The Balaban J connectivity index is 1.49. The lowest BCUT2D eigenvalue weighted by atomic mass is 9.80. The Labute approximate surface area is 147 Å². The van der Waals surface area contributed by atoms with E-state index in [1.54, 1.807) is 11.3 Å². The molecule has 0 aromatic carbocycles. The molecule has 2 saturated heterocycles. The number of piperidine rings is 1. The molecular weight excluding hydrogens is 320 g/mol. The second kappa shape index (κ2) is 7.17. The maximum absolute atomic E-state index is 6.02. The van der Waals surface area contributed by atoms with Gasteiger partial charge in [0.25, 0.3) is 0 Å². The molecule has 2 aromatic rings. The lowest BCUT2D eigenvalue weighted by Gasteiger charge is -2.43. The van der Waals surface area contributed by atoms with Crippen LogP contribution in [0, 0.1) is 5.41 Å². The summed E-state index contributed by atoms with van der Waals surface area (Å²) >= 11 is 1.75. The van der Waals surface area contributed by atoms with Crippen LogP contribution in [0.2, 0.25) is 0 Å². The SMILES string of the molecule is c1cncc(N2CCOCC3(CCCN(Cc4nccs4)C3)C2)c1. The van der Waals surface area contributed by atoms with E-state index < -0.39 is 0 Å². The molecule has 128 valence electrons. The Bertz CT molecular complexity index is 636. The number of thiazole rings is 1. The van der Waals surface area contributed by atoms with Crippen LogP contribution in [0.25, 0.3) is 0 Å². The Kier molecular flexibility index (Phi) is 4.78. The summed E-state index contributed by atoms with van der Waals surface area (Å²) in [7, 11) is 0. The van der Waals surface area contributed by atoms with Crippen molar-refractivity contribution in [1.29, 1.82) is 0 Å². The topological polar surface area (TPSA) is 41.5 Å². The fourth-order valence-electron chi connectivity index (χ4n) is 3.97. The van der Waals surface area contributed by atoms with Gasteiger partial charge in [-0.15, -0.1) is 11.3 Å². The smallest absolute Gasteiger partial charge is 0.107 e. The van der Waals surface area contributed by atoms with Gasteiger partial charge in [-0.3, -0.25) is 9.88 Å². The third-order valence-corrected chi connectivity index (χ3v) is 5.80. The maximum Gasteiger partial charge on any atom is 0.107 e. The molecule has 0 amide bonds. The molecule has 0 aliphatic carbocycles. The Morgan fingerprint density at radius 1 is 1.25 bits per heavy atom. The van der Waals surface area contributed by atoms with E-state index in [9.17, 15) is 0 Å².